The van der Waals surface area contributed by atoms with Crippen LogP contribution in [-0.4, -0.2) is 35.6 Å². The molecule has 2 aliphatic rings. The Balaban J connectivity index is 1.47. The first-order valence-corrected chi connectivity index (χ1v) is 11.6. The van der Waals surface area contributed by atoms with Crippen LogP contribution in [0.3, 0.4) is 0 Å². The second-order valence-electron chi connectivity index (χ2n) is 8.81. The molecule has 0 unspecified atom stereocenters. The number of benzene rings is 1. The summed E-state index contributed by atoms with van der Waals surface area (Å²) in [6, 6.07) is 5.91. The lowest BCUT2D eigenvalue weighted by Crippen LogP contribution is -2.45. The van der Waals surface area contributed by atoms with Crippen molar-refractivity contribution >= 4 is 17.5 Å². The van der Waals surface area contributed by atoms with Gasteiger partial charge in [0.05, 0.1) is 12.8 Å². The van der Waals surface area contributed by atoms with Gasteiger partial charge >= 0.3 is 0 Å². The van der Waals surface area contributed by atoms with Crippen LogP contribution in [0.1, 0.15) is 75.6 Å². The van der Waals surface area contributed by atoms with Crippen LogP contribution in [0.4, 0.5) is 5.69 Å². The summed E-state index contributed by atoms with van der Waals surface area (Å²) in [5, 5.41) is 7.31. The Morgan fingerprint density at radius 2 is 1.97 bits per heavy atom. The predicted molar refractivity (Wildman–Crippen MR) is 119 cm³/mol. The summed E-state index contributed by atoms with van der Waals surface area (Å²) in [4.78, 5) is 31.4. The number of aromatic nitrogens is 2. The number of methoxy groups -OCH3 is 1. The molecule has 32 heavy (non-hydrogen) atoms. The van der Waals surface area contributed by atoms with Crippen LogP contribution in [-0.2, 0) is 28.0 Å². The second kappa shape index (κ2) is 9.71. The zero-order valence-corrected chi connectivity index (χ0v) is 19.0. The summed E-state index contributed by atoms with van der Waals surface area (Å²) in [6.45, 7) is 2.20. The largest absolute Gasteiger partial charge is 0.495 e. The van der Waals surface area contributed by atoms with Gasteiger partial charge in [-0.25, -0.2) is 0 Å². The number of carbonyl (C=O) groups excluding carboxylic acids is 2. The number of rotatable bonds is 6. The molecule has 0 radical (unpaired) electrons. The van der Waals surface area contributed by atoms with Gasteiger partial charge in [0.25, 0.3) is 0 Å². The number of hydrogen-bond acceptors (Lipinski definition) is 6. The van der Waals surface area contributed by atoms with Crippen molar-refractivity contribution in [2.24, 2.45) is 0 Å². The van der Waals surface area contributed by atoms with Crippen molar-refractivity contribution < 1.29 is 18.8 Å². The van der Waals surface area contributed by atoms with Crippen LogP contribution in [0, 0.1) is 0 Å². The summed E-state index contributed by atoms with van der Waals surface area (Å²) in [7, 11) is 1.63. The van der Waals surface area contributed by atoms with E-state index >= 15 is 0 Å². The molecule has 0 spiro atoms. The normalized spacial score (nSPS) is 17.9. The molecule has 1 aliphatic carbocycles. The molecular weight excluding hydrogens is 408 g/mol. The molecule has 1 aromatic carbocycles. The van der Waals surface area contributed by atoms with Gasteiger partial charge in [0.15, 0.2) is 5.82 Å². The molecule has 1 fully saturated rings. The smallest absolute Gasteiger partial charge is 0.227 e. The molecule has 4 rings (SSSR count). The predicted octanol–water partition coefficient (Wildman–Crippen LogP) is 3.68. The van der Waals surface area contributed by atoms with Crippen LogP contribution in [0.2, 0.25) is 0 Å². The number of hydrogen-bond donors (Lipinski definition) is 1. The summed E-state index contributed by atoms with van der Waals surface area (Å²) >= 11 is 0. The first kappa shape index (κ1) is 22.3. The quantitative estimate of drug-likeness (QED) is 0.688. The summed E-state index contributed by atoms with van der Waals surface area (Å²) in [5.41, 5.74) is 1.43. The number of nitrogens with zero attached hydrogens (tertiary/aromatic N) is 3. The van der Waals surface area contributed by atoms with E-state index in [1.807, 2.05) is 17.0 Å². The van der Waals surface area contributed by atoms with Crippen LogP contribution in [0.25, 0.3) is 0 Å². The number of fused-ring (bicyclic) bond motifs is 1. The molecule has 0 atom stereocenters. The van der Waals surface area contributed by atoms with E-state index < -0.39 is 5.54 Å². The summed E-state index contributed by atoms with van der Waals surface area (Å²) in [5.74, 6) is 1.61. The highest BCUT2D eigenvalue weighted by molar-refractivity contribution is 5.96. The van der Waals surface area contributed by atoms with Crippen molar-refractivity contribution in [1.29, 1.82) is 0 Å². The highest BCUT2D eigenvalue weighted by atomic mass is 16.5. The molecular formula is C24H32N4O4. The summed E-state index contributed by atoms with van der Waals surface area (Å²) in [6.07, 6.45) is 8.41. The topological polar surface area (TPSA) is 97.6 Å². The number of para-hydroxylation sites is 1. The number of carbonyl (C=O) groups is 2. The fraction of sp³-hybridized carbons (Fsp3) is 0.583. The van der Waals surface area contributed by atoms with E-state index in [1.54, 1.807) is 7.11 Å². The Kier molecular flexibility index (Phi) is 6.77. The van der Waals surface area contributed by atoms with Gasteiger partial charge in [0.1, 0.15) is 11.3 Å². The molecule has 2 aromatic rings. The minimum Gasteiger partial charge on any atom is -0.495 e. The number of anilines is 1. The number of aryl methyl sites for hydroxylation is 2. The Bertz CT molecular complexity index is 948. The molecule has 8 heteroatoms. The monoisotopic (exact) mass is 440 g/mol. The SMILES string of the molecule is COc1cccc2c1N(C(=O)CCc1nc(C3(NC(C)=O)CCCCCC3)no1)CCC2. The molecule has 1 aromatic heterocycles. The van der Waals surface area contributed by atoms with Crippen molar-refractivity contribution in [3.05, 3.63) is 35.5 Å². The molecule has 172 valence electrons. The van der Waals surface area contributed by atoms with E-state index in [4.69, 9.17) is 9.26 Å². The molecule has 2 amide bonds. The Hall–Kier alpha value is -2.90. The van der Waals surface area contributed by atoms with E-state index in [-0.39, 0.29) is 18.2 Å². The molecule has 0 bridgehead atoms. The van der Waals surface area contributed by atoms with E-state index in [0.717, 1.165) is 68.4 Å². The van der Waals surface area contributed by atoms with Crippen molar-refractivity contribution in [2.45, 2.75) is 76.7 Å². The highest BCUT2D eigenvalue weighted by Crippen LogP contribution is 2.37. The second-order valence-corrected chi connectivity index (χ2v) is 8.81. The van der Waals surface area contributed by atoms with Gasteiger partial charge in [0.2, 0.25) is 17.7 Å². The third kappa shape index (κ3) is 4.64. The standard InChI is InChI=1S/C24H32N4O4/c1-17(29)26-24(14-5-3-4-6-15-24)23-25-20(32-27-23)12-13-21(30)28-16-8-10-18-9-7-11-19(31-2)22(18)28/h7,9,11H,3-6,8,10,12-16H2,1-2H3,(H,26,29). The first-order chi connectivity index (χ1) is 15.5. The van der Waals surface area contributed by atoms with Gasteiger partial charge in [-0.15, -0.1) is 0 Å². The minimum atomic E-state index is -0.576. The maximum absolute atomic E-state index is 13.1. The fourth-order valence-corrected chi connectivity index (χ4v) is 5.00. The van der Waals surface area contributed by atoms with E-state index in [1.165, 1.54) is 6.92 Å². The zero-order valence-electron chi connectivity index (χ0n) is 19.0. The van der Waals surface area contributed by atoms with Crippen molar-refractivity contribution in [2.75, 3.05) is 18.6 Å². The Morgan fingerprint density at radius 1 is 1.19 bits per heavy atom. The van der Waals surface area contributed by atoms with Crippen molar-refractivity contribution in [1.82, 2.24) is 15.5 Å². The third-order valence-electron chi connectivity index (χ3n) is 6.52. The zero-order chi connectivity index (χ0) is 22.6. The number of nitrogens with one attached hydrogen (secondary N) is 1. The molecule has 1 N–H and O–H groups in total. The highest BCUT2D eigenvalue weighted by Gasteiger charge is 2.38. The van der Waals surface area contributed by atoms with Gasteiger partial charge in [0, 0.05) is 26.3 Å². The van der Waals surface area contributed by atoms with E-state index in [0.29, 0.717) is 24.7 Å². The van der Waals surface area contributed by atoms with Gasteiger partial charge in [-0.2, -0.15) is 4.98 Å². The Morgan fingerprint density at radius 3 is 2.69 bits per heavy atom. The lowest BCUT2D eigenvalue weighted by Gasteiger charge is -2.31. The third-order valence-corrected chi connectivity index (χ3v) is 6.52. The maximum atomic E-state index is 13.1. The molecule has 1 saturated carbocycles. The van der Waals surface area contributed by atoms with Crippen LogP contribution >= 0.6 is 0 Å². The molecule has 8 nitrogen and oxygen atoms in total. The van der Waals surface area contributed by atoms with Gasteiger partial charge < -0.3 is 19.5 Å². The lowest BCUT2D eigenvalue weighted by atomic mass is 9.89. The Labute approximate surface area is 188 Å². The van der Waals surface area contributed by atoms with Crippen LogP contribution < -0.4 is 15.0 Å². The molecule has 0 saturated heterocycles. The number of amides is 2. The fourth-order valence-electron chi connectivity index (χ4n) is 5.00. The van der Waals surface area contributed by atoms with Crippen LogP contribution in [0.5, 0.6) is 5.75 Å². The molecule has 1 aliphatic heterocycles. The van der Waals surface area contributed by atoms with Gasteiger partial charge in [-0.05, 0) is 37.3 Å². The molecule has 2 heterocycles. The van der Waals surface area contributed by atoms with E-state index in [2.05, 4.69) is 21.5 Å². The first-order valence-electron chi connectivity index (χ1n) is 11.6. The van der Waals surface area contributed by atoms with E-state index in [9.17, 15) is 9.59 Å². The van der Waals surface area contributed by atoms with Gasteiger partial charge in [-0.1, -0.05) is 43.0 Å². The lowest BCUT2D eigenvalue weighted by molar-refractivity contribution is -0.121. The minimum absolute atomic E-state index is 0.0150. The average molecular weight is 441 g/mol. The van der Waals surface area contributed by atoms with Crippen molar-refractivity contribution in [3.63, 3.8) is 0 Å². The van der Waals surface area contributed by atoms with Crippen molar-refractivity contribution in [3.8, 4) is 5.75 Å². The maximum Gasteiger partial charge on any atom is 0.227 e. The van der Waals surface area contributed by atoms with Gasteiger partial charge in [-0.3, -0.25) is 9.59 Å². The van der Waals surface area contributed by atoms with Crippen LogP contribution in [0.15, 0.2) is 22.7 Å². The summed E-state index contributed by atoms with van der Waals surface area (Å²) < 4.78 is 11.0. The average Bonchev–Trinajstić information content (AvgIpc) is 3.16. The number of ether oxygens (including phenoxy) is 1.